The van der Waals surface area contributed by atoms with E-state index in [9.17, 15) is 30.0 Å². The van der Waals surface area contributed by atoms with E-state index in [4.69, 9.17) is 0 Å². The van der Waals surface area contributed by atoms with Crippen LogP contribution >= 0.6 is 11.3 Å². The van der Waals surface area contributed by atoms with Crippen LogP contribution < -0.4 is 5.32 Å². The molecule has 1 aromatic heterocycles. The number of hydrogen-bond donors (Lipinski definition) is 5. The van der Waals surface area contributed by atoms with Crippen molar-refractivity contribution in [1.82, 2.24) is 0 Å². The maximum atomic E-state index is 13.0. The van der Waals surface area contributed by atoms with Gasteiger partial charge in [-0.3, -0.25) is 4.79 Å². The van der Waals surface area contributed by atoms with Gasteiger partial charge in [-0.15, -0.1) is 11.3 Å². The highest BCUT2D eigenvalue weighted by Crippen LogP contribution is 2.40. The Morgan fingerprint density at radius 2 is 1.53 bits per heavy atom. The summed E-state index contributed by atoms with van der Waals surface area (Å²) in [6.07, 6.45) is 0. The minimum Gasteiger partial charge on any atom is -0.508 e. The minimum absolute atomic E-state index is 0.0950. The molecule has 1 amide bonds. The van der Waals surface area contributed by atoms with Crippen molar-refractivity contribution in [2.24, 2.45) is 0 Å². The van der Waals surface area contributed by atoms with Crippen molar-refractivity contribution in [3.05, 3.63) is 83.2 Å². The molecule has 0 unspecified atom stereocenters. The van der Waals surface area contributed by atoms with Crippen molar-refractivity contribution in [3.63, 3.8) is 0 Å². The number of rotatable bonds is 5. The number of carboxylic acids is 1. The summed E-state index contributed by atoms with van der Waals surface area (Å²) in [5.74, 6) is -2.36. The van der Waals surface area contributed by atoms with Gasteiger partial charge in [-0.05, 0) is 35.9 Å². The van der Waals surface area contributed by atoms with Gasteiger partial charge in [-0.25, -0.2) is 4.79 Å². The molecule has 0 bridgehead atoms. The van der Waals surface area contributed by atoms with E-state index in [1.165, 1.54) is 12.1 Å². The van der Waals surface area contributed by atoms with Crippen molar-refractivity contribution in [2.75, 3.05) is 5.32 Å². The van der Waals surface area contributed by atoms with Crippen molar-refractivity contribution in [3.8, 4) is 38.8 Å². The maximum absolute atomic E-state index is 13.0. The molecule has 7 nitrogen and oxygen atoms in total. The molecule has 0 spiro atoms. The van der Waals surface area contributed by atoms with Gasteiger partial charge in [0.25, 0.3) is 5.91 Å². The highest BCUT2D eigenvalue weighted by atomic mass is 32.1. The number of phenols is 3. The van der Waals surface area contributed by atoms with Gasteiger partial charge in [-0.1, -0.05) is 30.3 Å². The van der Waals surface area contributed by atoms with Gasteiger partial charge in [0.2, 0.25) is 0 Å². The van der Waals surface area contributed by atoms with E-state index >= 15 is 0 Å². The molecule has 0 atom stereocenters. The van der Waals surface area contributed by atoms with Crippen LogP contribution in [0.15, 0.2) is 72.8 Å². The molecule has 160 valence electrons. The molecule has 0 aliphatic heterocycles. The van der Waals surface area contributed by atoms with Gasteiger partial charge < -0.3 is 25.7 Å². The molecule has 8 heteroatoms. The van der Waals surface area contributed by atoms with E-state index in [1.54, 1.807) is 48.5 Å². The Balaban J connectivity index is 1.65. The molecule has 0 aliphatic carbocycles. The van der Waals surface area contributed by atoms with Crippen LogP contribution in [0.3, 0.4) is 0 Å². The Hall–Kier alpha value is -4.30. The number of carbonyl (C=O) groups excluding carboxylic acids is 1. The third-order valence-electron chi connectivity index (χ3n) is 4.75. The van der Waals surface area contributed by atoms with Crippen LogP contribution in [0.4, 0.5) is 5.69 Å². The predicted octanol–water partition coefficient (Wildman–Crippen LogP) is 5.15. The van der Waals surface area contributed by atoms with E-state index in [1.807, 2.05) is 0 Å². The highest BCUT2D eigenvalue weighted by molar-refractivity contribution is 7.17. The minimum atomic E-state index is -1.01. The van der Waals surface area contributed by atoms with Crippen molar-refractivity contribution in [1.29, 1.82) is 0 Å². The summed E-state index contributed by atoms with van der Waals surface area (Å²) in [5, 5.41) is 41.8. The number of phenolic OH excluding ortho intramolecular Hbond substituents is 3. The first-order valence-corrected chi connectivity index (χ1v) is 10.2. The summed E-state index contributed by atoms with van der Waals surface area (Å²) in [5.41, 5.74) is 1.96. The Labute approximate surface area is 186 Å². The molecule has 1 heterocycles. The molecule has 5 N–H and O–H groups in total. The zero-order valence-electron chi connectivity index (χ0n) is 16.4. The first-order chi connectivity index (χ1) is 15.3. The molecule has 0 saturated heterocycles. The second kappa shape index (κ2) is 8.44. The van der Waals surface area contributed by atoms with Gasteiger partial charge in [0, 0.05) is 33.8 Å². The maximum Gasteiger partial charge on any atom is 0.345 e. The Morgan fingerprint density at radius 1 is 0.812 bits per heavy atom. The lowest BCUT2D eigenvalue weighted by Crippen LogP contribution is -2.12. The summed E-state index contributed by atoms with van der Waals surface area (Å²) in [6, 6.07) is 18.8. The number of aromatic carboxylic acids is 1. The number of hydrogen-bond acceptors (Lipinski definition) is 6. The SMILES string of the molecule is O=C(Nc1ccccc1-c1ccc(C(=O)O)s1)c1cccc(-c2c(O)cc(O)cc2O)c1. The lowest BCUT2D eigenvalue weighted by atomic mass is 10.0. The molecule has 0 saturated carbocycles. The number of carboxylic acid groups (broad SMARTS) is 1. The van der Waals surface area contributed by atoms with E-state index in [0.717, 1.165) is 23.5 Å². The number of carbonyl (C=O) groups is 2. The summed E-state index contributed by atoms with van der Waals surface area (Å²) < 4.78 is 0. The number of nitrogens with one attached hydrogen (secondary N) is 1. The zero-order chi connectivity index (χ0) is 22.8. The van der Waals surface area contributed by atoms with Gasteiger partial charge in [0.15, 0.2) is 0 Å². The summed E-state index contributed by atoms with van der Waals surface area (Å²) in [6.45, 7) is 0. The van der Waals surface area contributed by atoms with Crippen LogP contribution in [0, 0.1) is 0 Å². The first kappa shape index (κ1) is 21.0. The van der Waals surface area contributed by atoms with E-state index in [0.29, 0.717) is 21.7 Å². The third-order valence-corrected chi connectivity index (χ3v) is 5.86. The smallest absolute Gasteiger partial charge is 0.345 e. The standard InChI is InChI=1S/C24H17NO6S/c26-15-11-18(27)22(19(28)12-15)13-4-3-5-14(10-13)23(29)25-17-7-2-1-6-16(17)20-8-9-21(32-20)24(30)31/h1-12,26-28H,(H,25,29)(H,30,31). The fourth-order valence-electron chi connectivity index (χ4n) is 3.31. The zero-order valence-corrected chi connectivity index (χ0v) is 17.3. The largest absolute Gasteiger partial charge is 0.508 e. The molecule has 0 aliphatic rings. The molecular formula is C24H17NO6S. The van der Waals surface area contributed by atoms with Crippen LogP contribution in [0.1, 0.15) is 20.0 Å². The lowest BCUT2D eigenvalue weighted by Gasteiger charge is -2.12. The van der Waals surface area contributed by atoms with E-state index in [2.05, 4.69) is 5.32 Å². The summed E-state index contributed by atoms with van der Waals surface area (Å²) >= 11 is 1.11. The lowest BCUT2D eigenvalue weighted by molar-refractivity contribution is 0.0702. The molecule has 0 fully saturated rings. The fourth-order valence-corrected chi connectivity index (χ4v) is 4.19. The first-order valence-electron chi connectivity index (χ1n) is 9.43. The van der Waals surface area contributed by atoms with Gasteiger partial charge in [0.1, 0.15) is 22.1 Å². The topological polar surface area (TPSA) is 127 Å². The van der Waals surface area contributed by atoms with Gasteiger partial charge in [0.05, 0.1) is 5.56 Å². The average Bonchev–Trinajstić information content (AvgIpc) is 3.24. The normalized spacial score (nSPS) is 10.6. The third kappa shape index (κ3) is 4.12. The summed E-state index contributed by atoms with van der Waals surface area (Å²) in [4.78, 5) is 25.0. The molecule has 4 aromatic rings. The number of amides is 1. The number of benzene rings is 3. The molecular weight excluding hydrogens is 430 g/mol. The van der Waals surface area contributed by atoms with Crippen molar-refractivity contribution in [2.45, 2.75) is 0 Å². The Bertz CT molecular complexity index is 1320. The molecule has 32 heavy (non-hydrogen) atoms. The van der Waals surface area contributed by atoms with Gasteiger partial charge >= 0.3 is 5.97 Å². The number of thiophene rings is 1. The Kier molecular flexibility index (Phi) is 5.53. The van der Waals surface area contributed by atoms with E-state index < -0.39 is 11.9 Å². The summed E-state index contributed by atoms with van der Waals surface area (Å²) in [7, 11) is 0. The van der Waals surface area contributed by atoms with Crippen LogP contribution in [-0.2, 0) is 0 Å². The highest BCUT2D eigenvalue weighted by Gasteiger charge is 2.16. The second-order valence-electron chi connectivity index (χ2n) is 6.91. The second-order valence-corrected chi connectivity index (χ2v) is 7.99. The molecule has 3 aromatic carbocycles. The fraction of sp³-hybridized carbons (Fsp3) is 0. The van der Waals surface area contributed by atoms with Crippen LogP contribution in [0.25, 0.3) is 21.6 Å². The van der Waals surface area contributed by atoms with Crippen LogP contribution in [0.2, 0.25) is 0 Å². The quantitative estimate of drug-likeness (QED) is 0.288. The number of aromatic hydroxyl groups is 3. The Morgan fingerprint density at radius 3 is 2.22 bits per heavy atom. The van der Waals surface area contributed by atoms with Crippen molar-refractivity contribution >= 4 is 28.9 Å². The van der Waals surface area contributed by atoms with Gasteiger partial charge in [-0.2, -0.15) is 0 Å². The van der Waals surface area contributed by atoms with Crippen molar-refractivity contribution < 1.29 is 30.0 Å². The van der Waals surface area contributed by atoms with E-state index in [-0.39, 0.29) is 33.3 Å². The van der Waals surface area contributed by atoms with Crippen LogP contribution in [-0.4, -0.2) is 32.3 Å². The number of para-hydroxylation sites is 1. The molecule has 4 rings (SSSR count). The van der Waals surface area contributed by atoms with Crippen LogP contribution in [0.5, 0.6) is 17.2 Å². The predicted molar refractivity (Wildman–Crippen MR) is 122 cm³/mol. The monoisotopic (exact) mass is 447 g/mol. The molecule has 0 radical (unpaired) electrons. The average molecular weight is 447 g/mol. The number of anilines is 1.